The zero-order valence-electron chi connectivity index (χ0n) is 54.8. The molecule has 0 spiro atoms. The maximum atomic E-state index is 12.6. The van der Waals surface area contributed by atoms with Gasteiger partial charge < -0.3 is 38.9 Å². The Kier molecular flexibility index (Phi) is 21.7. The fourth-order valence-corrected chi connectivity index (χ4v) is 12.4. The molecular formula is C72H90N8O8. The molecule has 0 radical (unpaired) electrons. The summed E-state index contributed by atoms with van der Waals surface area (Å²) in [6.45, 7) is 25.3. The number of aromatic amines is 4. The van der Waals surface area contributed by atoms with Crippen molar-refractivity contribution in [2.24, 2.45) is 20.0 Å². The molecule has 4 aliphatic rings. The number of allylic oxidation sites excluding steroid dienone is 8. The van der Waals surface area contributed by atoms with E-state index in [9.17, 15) is 19.2 Å². The van der Waals surface area contributed by atoms with E-state index >= 15 is 0 Å². The van der Waals surface area contributed by atoms with Crippen LogP contribution in [0.25, 0.3) is 24.3 Å². The van der Waals surface area contributed by atoms with Gasteiger partial charge in [-0.25, -0.2) is 0 Å². The van der Waals surface area contributed by atoms with Gasteiger partial charge in [0.15, 0.2) is 0 Å². The number of nitrogens with zero attached hydrogens (tertiary/aromatic N) is 4. The lowest BCUT2D eigenvalue weighted by molar-refractivity contribution is -0.141. The summed E-state index contributed by atoms with van der Waals surface area (Å²) >= 11 is 0. The molecule has 466 valence electrons. The number of aliphatic imine (C=N–C) groups is 4. The van der Waals surface area contributed by atoms with E-state index in [0.717, 1.165) is 185 Å². The van der Waals surface area contributed by atoms with Crippen LogP contribution in [0, 0.1) is 41.5 Å². The van der Waals surface area contributed by atoms with Crippen molar-refractivity contribution in [3.8, 4) is 0 Å². The molecule has 0 aromatic carbocycles. The molecule has 0 saturated carbocycles. The van der Waals surface area contributed by atoms with Crippen LogP contribution < -0.4 is 0 Å². The minimum absolute atomic E-state index is 0.229. The summed E-state index contributed by atoms with van der Waals surface area (Å²) < 4.78 is 20.3. The number of H-pyrrole nitrogens is 4. The van der Waals surface area contributed by atoms with E-state index in [2.05, 4.69) is 137 Å². The lowest BCUT2D eigenvalue weighted by Gasteiger charge is -2.09. The fourth-order valence-electron chi connectivity index (χ4n) is 12.4. The molecule has 0 atom stereocenters. The molecule has 4 N–H and O–H groups in total. The second kappa shape index (κ2) is 29.1. The number of carbonyl (C=O) groups excluding carboxylic acids is 4. The highest BCUT2D eigenvalue weighted by molar-refractivity contribution is 6.08. The van der Waals surface area contributed by atoms with E-state index in [4.69, 9.17) is 28.9 Å². The first kappa shape index (κ1) is 65.6. The summed E-state index contributed by atoms with van der Waals surface area (Å²) in [4.78, 5) is 84.9. The molecule has 8 rings (SSSR count). The van der Waals surface area contributed by atoms with Crippen LogP contribution in [0.15, 0.2) is 87.3 Å². The average molecular weight is 1200 g/mol. The summed E-state index contributed by atoms with van der Waals surface area (Å²) in [5, 5.41) is 0. The number of esters is 4. The first-order chi connectivity index (χ1) is 42.0. The summed E-state index contributed by atoms with van der Waals surface area (Å²) in [6, 6.07) is 0. The zero-order valence-corrected chi connectivity index (χ0v) is 54.8. The quantitative estimate of drug-likeness (QED) is 0.0255. The summed E-state index contributed by atoms with van der Waals surface area (Å²) in [7, 11) is 5.67. The topological polar surface area (TPSA) is 218 Å². The van der Waals surface area contributed by atoms with Crippen LogP contribution in [-0.4, -0.2) is 96.1 Å². The van der Waals surface area contributed by atoms with E-state index in [1.165, 1.54) is 50.7 Å². The third-order valence-electron chi connectivity index (χ3n) is 18.6. The molecule has 0 bridgehead atoms. The normalized spacial score (nSPS) is 16.8. The first-order valence-corrected chi connectivity index (χ1v) is 31.0. The number of carbonyl (C=O) groups is 4. The summed E-state index contributed by atoms with van der Waals surface area (Å²) in [5.74, 6) is -1.09. The molecule has 0 aliphatic carbocycles. The zero-order chi connectivity index (χ0) is 63.7. The van der Waals surface area contributed by atoms with Crippen LogP contribution in [0.5, 0.6) is 0 Å². The number of aryl methyl sites for hydroxylation is 2. The van der Waals surface area contributed by atoms with Gasteiger partial charge in [0.1, 0.15) is 0 Å². The highest BCUT2D eigenvalue weighted by Crippen LogP contribution is 2.38. The van der Waals surface area contributed by atoms with Crippen LogP contribution in [0.1, 0.15) is 196 Å². The molecule has 16 heteroatoms. The Bertz CT molecular complexity index is 3830. The molecular weight excluding hydrogens is 1100 g/mol. The maximum absolute atomic E-state index is 12.6. The lowest BCUT2D eigenvalue weighted by atomic mass is 9.95. The van der Waals surface area contributed by atoms with E-state index in [1.807, 2.05) is 12.4 Å². The number of rotatable bonds is 27. The van der Waals surface area contributed by atoms with E-state index in [0.29, 0.717) is 38.5 Å². The fraction of sp³-hybridized carbons (Fsp3) is 0.444. The largest absolute Gasteiger partial charge is 0.469 e. The van der Waals surface area contributed by atoms with Gasteiger partial charge in [-0.15, -0.1) is 0 Å². The van der Waals surface area contributed by atoms with Gasteiger partial charge in [-0.1, -0.05) is 12.8 Å². The SMILES string of the molecule is COC(=O)CCC1=C(C)/C(=C/c2[nH]c(C)c(CCCCCCc3c(/C=C4\N=C(Cc5[nH]c(/C=C6\N=CC(C)=C6C)c(C)c5CCC(=O)OC)C(CCC(=O)OC)=C4C)[nH]c(C)c3C)c2C)N=C1Cc1[nH]c(/C=C2\N=CC(C)=C2C)c(C)c1CCC(=O)OC. The van der Waals surface area contributed by atoms with Crippen molar-refractivity contribution < 1.29 is 38.1 Å². The first-order valence-electron chi connectivity index (χ1n) is 31.0. The molecule has 0 fully saturated rings. The second-order valence-electron chi connectivity index (χ2n) is 23.9. The standard InChI is InChI=1S/C72H90N8O8/c1-39-37-73-57(41(39)3)31-60-45(7)53(23-27-69(81)85-13)65(77-60)35-67-55(25-29-71(83)87-15)47(9)62(79-67)33-59-44(6)51(50(12)76-59)21-19-17-18-20-22-52-43(5)49(11)75-64(52)34-63-48(10)56(26-30-72(84)88-16)68(80-63)36-66-54(24-28-70(82)86-14)46(8)61(78-66)32-58-42(4)40(2)38-74-58/h31-34,37-38,75-78H,17-30,35-36H2,1-16H3/b57-31-,58-32-,62-33-,63-34-. The van der Waals surface area contributed by atoms with Crippen molar-refractivity contribution in [2.75, 3.05) is 28.4 Å². The second-order valence-corrected chi connectivity index (χ2v) is 23.9. The lowest BCUT2D eigenvalue weighted by Crippen LogP contribution is -2.10. The van der Waals surface area contributed by atoms with Crippen molar-refractivity contribution >= 4 is 72.0 Å². The van der Waals surface area contributed by atoms with Crippen LogP contribution in [0.4, 0.5) is 0 Å². The van der Waals surface area contributed by atoms with Gasteiger partial charge in [0, 0.05) is 96.5 Å². The Labute approximate surface area is 519 Å². The molecule has 8 heterocycles. The minimum atomic E-state index is -0.276. The maximum Gasteiger partial charge on any atom is 0.305 e. The molecule has 88 heavy (non-hydrogen) atoms. The molecule has 4 aromatic heterocycles. The Morgan fingerprint density at radius 3 is 1.16 bits per heavy atom. The highest BCUT2D eigenvalue weighted by Gasteiger charge is 2.29. The minimum Gasteiger partial charge on any atom is -0.469 e. The summed E-state index contributed by atoms with van der Waals surface area (Å²) in [6.07, 6.45) is 22.3. The van der Waals surface area contributed by atoms with E-state index in [1.54, 1.807) is 0 Å². The Morgan fingerprint density at radius 2 is 0.750 bits per heavy atom. The Morgan fingerprint density at radius 1 is 0.386 bits per heavy atom. The van der Waals surface area contributed by atoms with Crippen molar-refractivity contribution in [3.05, 3.63) is 157 Å². The number of methoxy groups -OCH3 is 4. The predicted molar refractivity (Wildman–Crippen MR) is 354 cm³/mol. The number of unbranched alkanes of at least 4 members (excludes halogenated alkanes) is 3. The number of nitrogens with one attached hydrogen (secondary N) is 4. The summed E-state index contributed by atoms with van der Waals surface area (Å²) in [5.41, 5.74) is 31.4. The van der Waals surface area contributed by atoms with Gasteiger partial charge in [-0.3, -0.25) is 39.1 Å². The van der Waals surface area contributed by atoms with Gasteiger partial charge in [0.05, 0.1) is 62.7 Å². The average Bonchev–Trinajstić information content (AvgIpc) is 3.40. The molecule has 0 unspecified atom stereocenters. The molecule has 4 aliphatic heterocycles. The predicted octanol–water partition coefficient (Wildman–Crippen LogP) is 14.5. The number of hydrogen-bond donors (Lipinski definition) is 4. The monoisotopic (exact) mass is 1190 g/mol. The third kappa shape index (κ3) is 14.9. The smallest absolute Gasteiger partial charge is 0.305 e. The molecule has 0 saturated heterocycles. The van der Waals surface area contributed by atoms with Crippen molar-refractivity contribution in [2.45, 2.75) is 186 Å². The Balaban J connectivity index is 0.971. The van der Waals surface area contributed by atoms with Crippen LogP contribution in [0.2, 0.25) is 0 Å². The molecule has 16 nitrogen and oxygen atoms in total. The van der Waals surface area contributed by atoms with Crippen molar-refractivity contribution in [1.29, 1.82) is 0 Å². The van der Waals surface area contributed by atoms with Gasteiger partial charge in [-0.2, -0.15) is 0 Å². The van der Waals surface area contributed by atoms with Crippen molar-refractivity contribution in [1.82, 2.24) is 19.9 Å². The van der Waals surface area contributed by atoms with E-state index < -0.39 is 0 Å². The Hall–Kier alpha value is -8.40. The van der Waals surface area contributed by atoms with Gasteiger partial charge in [0.2, 0.25) is 0 Å². The number of ether oxygens (including phenoxy) is 4. The molecule has 4 aromatic rings. The van der Waals surface area contributed by atoms with Gasteiger partial charge in [0.25, 0.3) is 0 Å². The third-order valence-corrected chi connectivity index (χ3v) is 18.6. The highest BCUT2D eigenvalue weighted by atomic mass is 16.5. The van der Waals surface area contributed by atoms with Crippen LogP contribution in [-0.2, 0) is 76.7 Å². The number of aromatic nitrogens is 4. The van der Waals surface area contributed by atoms with Gasteiger partial charge in [-0.05, 0) is 248 Å². The van der Waals surface area contributed by atoms with Crippen LogP contribution >= 0.6 is 0 Å². The van der Waals surface area contributed by atoms with Crippen molar-refractivity contribution in [3.63, 3.8) is 0 Å². The van der Waals surface area contributed by atoms with Gasteiger partial charge >= 0.3 is 23.9 Å². The van der Waals surface area contributed by atoms with Crippen LogP contribution in [0.3, 0.4) is 0 Å². The van der Waals surface area contributed by atoms with E-state index in [-0.39, 0.29) is 49.6 Å². The number of hydrogen-bond acceptors (Lipinski definition) is 12. The molecule has 0 amide bonds.